The number of benzene rings is 1. The number of ether oxygens (including phenoxy) is 1. The molecule has 1 heterocycles. The average Bonchev–Trinajstić information content (AvgIpc) is 2.34. The number of nitrogens with zero attached hydrogens (tertiary/aromatic N) is 1. The predicted octanol–water partition coefficient (Wildman–Crippen LogP) is 0.548. The van der Waals surface area contributed by atoms with Crippen LogP contribution < -0.4 is 16.0 Å². The van der Waals surface area contributed by atoms with E-state index in [0.29, 0.717) is 0 Å². The molecular weight excluding hydrogens is 270 g/mol. The van der Waals surface area contributed by atoms with Crippen LogP contribution in [-0.2, 0) is 9.84 Å². The van der Waals surface area contributed by atoms with Crippen molar-refractivity contribution in [1.29, 1.82) is 0 Å². The van der Waals surface area contributed by atoms with Crippen LogP contribution >= 0.6 is 0 Å². The molecule has 0 spiro atoms. The van der Waals surface area contributed by atoms with Gasteiger partial charge in [-0.2, -0.15) is 0 Å². The van der Waals surface area contributed by atoms with Gasteiger partial charge < -0.3 is 15.5 Å². The van der Waals surface area contributed by atoms with E-state index < -0.39 is 15.4 Å². The molecule has 0 aliphatic heterocycles. The van der Waals surface area contributed by atoms with Crippen LogP contribution in [0.2, 0.25) is 0 Å². The zero-order valence-corrected chi connectivity index (χ0v) is 10.8. The Labute approximate surface area is 109 Å². The Morgan fingerprint density at radius 3 is 2.79 bits per heavy atom. The number of rotatable bonds is 3. The van der Waals surface area contributed by atoms with Crippen LogP contribution in [0, 0.1) is 0 Å². The maximum absolute atomic E-state index is 11.4. The molecule has 0 amide bonds. The number of nitrogens with two attached hydrogens (primary N) is 1. The zero-order chi connectivity index (χ0) is 14.0. The summed E-state index contributed by atoms with van der Waals surface area (Å²) in [5, 5.41) is 0. The van der Waals surface area contributed by atoms with Gasteiger partial charge in [0.15, 0.2) is 15.5 Å². The van der Waals surface area contributed by atoms with Gasteiger partial charge in [0.05, 0.1) is 11.2 Å². The number of aromatic amines is 1. The summed E-state index contributed by atoms with van der Waals surface area (Å²) in [6, 6.07) is 5.83. The predicted molar refractivity (Wildman–Crippen MR) is 68.9 cm³/mol. The van der Waals surface area contributed by atoms with E-state index in [-0.39, 0.29) is 22.2 Å². The molecule has 0 radical (unpaired) electrons. The van der Waals surface area contributed by atoms with Gasteiger partial charge in [0, 0.05) is 6.26 Å². The highest BCUT2D eigenvalue weighted by molar-refractivity contribution is 7.90. The van der Waals surface area contributed by atoms with Gasteiger partial charge in [-0.1, -0.05) is 6.07 Å². The molecule has 19 heavy (non-hydrogen) atoms. The minimum Gasteiger partial charge on any atom is -0.437 e. The fourth-order valence-corrected chi connectivity index (χ4v) is 2.01. The van der Waals surface area contributed by atoms with Gasteiger partial charge in [-0.3, -0.25) is 4.79 Å². The van der Waals surface area contributed by atoms with Gasteiger partial charge in [0.1, 0.15) is 5.75 Å². The van der Waals surface area contributed by atoms with Gasteiger partial charge in [-0.15, -0.1) is 0 Å². The molecule has 7 nitrogen and oxygen atoms in total. The summed E-state index contributed by atoms with van der Waals surface area (Å²) in [5.41, 5.74) is 4.81. The maximum Gasteiger partial charge on any atom is 0.277 e. The van der Waals surface area contributed by atoms with Crippen molar-refractivity contribution in [3.05, 3.63) is 40.9 Å². The number of H-pyrrole nitrogens is 1. The van der Waals surface area contributed by atoms with Crippen molar-refractivity contribution < 1.29 is 13.2 Å². The minimum atomic E-state index is -3.34. The highest BCUT2D eigenvalue weighted by atomic mass is 32.2. The van der Waals surface area contributed by atoms with E-state index in [4.69, 9.17) is 10.5 Å². The Kier molecular flexibility index (Phi) is 3.26. The molecular formula is C11H11N3O4S. The van der Waals surface area contributed by atoms with E-state index >= 15 is 0 Å². The zero-order valence-electron chi connectivity index (χ0n) is 9.95. The molecule has 0 saturated carbocycles. The highest BCUT2D eigenvalue weighted by Gasteiger charge is 2.11. The first-order valence-electron chi connectivity index (χ1n) is 5.19. The quantitative estimate of drug-likeness (QED) is 0.848. The average molecular weight is 281 g/mol. The van der Waals surface area contributed by atoms with E-state index in [2.05, 4.69) is 9.97 Å². The number of anilines is 1. The first-order valence-corrected chi connectivity index (χ1v) is 7.08. The molecule has 3 N–H and O–H groups in total. The minimum absolute atomic E-state index is 0.0746. The second-order valence-electron chi connectivity index (χ2n) is 3.80. The van der Waals surface area contributed by atoms with Crippen LogP contribution in [0.25, 0.3) is 0 Å². The van der Waals surface area contributed by atoms with Gasteiger partial charge in [0.25, 0.3) is 5.56 Å². The normalized spacial score (nSPS) is 11.2. The van der Waals surface area contributed by atoms with Gasteiger partial charge in [-0.05, 0) is 18.2 Å². The van der Waals surface area contributed by atoms with Crippen molar-refractivity contribution in [3.8, 4) is 11.6 Å². The lowest BCUT2D eigenvalue weighted by Gasteiger charge is -2.07. The largest absolute Gasteiger partial charge is 0.437 e. The fourth-order valence-electron chi connectivity index (χ4n) is 1.36. The van der Waals surface area contributed by atoms with Crippen LogP contribution in [0.5, 0.6) is 11.6 Å². The molecule has 2 rings (SSSR count). The van der Waals surface area contributed by atoms with E-state index in [0.717, 1.165) is 12.6 Å². The smallest absolute Gasteiger partial charge is 0.277 e. The Morgan fingerprint density at radius 1 is 1.37 bits per heavy atom. The molecule has 1 aromatic heterocycles. The molecule has 100 valence electrons. The number of nitrogens with one attached hydrogen (secondary N) is 1. The summed E-state index contributed by atoms with van der Waals surface area (Å²) < 4.78 is 28.1. The lowest BCUT2D eigenvalue weighted by Crippen LogP contribution is -2.13. The third kappa shape index (κ3) is 2.91. The Bertz CT molecular complexity index is 768. The van der Waals surface area contributed by atoms with Crippen molar-refractivity contribution in [3.63, 3.8) is 0 Å². The summed E-state index contributed by atoms with van der Waals surface area (Å²) in [6.07, 6.45) is 2.24. The fraction of sp³-hybridized carbons (Fsp3) is 0.0909. The Morgan fingerprint density at radius 2 is 2.11 bits per heavy atom. The van der Waals surface area contributed by atoms with Gasteiger partial charge in [0.2, 0.25) is 5.88 Å². The summed E-state index contributed by atoms with van der Waals surface area (Å²) in [5.74, 6) is 0.155. The topological polar surface area (TPSA) is 115 Å². The molecule has 0 aliphatic carbocycles. The molecule has 0 fully saturated rings. The molecule has 0 bridgehead atoms. The van der Waals surface area contributed by atoms with E-state index in [1.165, 1.54) is 24.3 Å². The van der Waals surface area contributed by atoms with Crippen molar-refractivity contribution >= 4 is 15.5 Å². The van der Waals surface area contributed by atoms with Crippen molar-refractivity contribution in [2.75, 3.05) is 12.0 Å². The molecule has 0 unspecified atom stereocenters. The summed E-state index contributed by atoms with van der Waals surface area (Å²) in [7, 11) is -3.34. The number of sulfone groups is 1. The van der Waals surface area contributed by atoms with Crippen molar-refractivity contribution in [2.24, 2.45) is 0 Å². The standard InChI is InChI=1S/C11H11N3O4S/c1-19(16,17)8-4-2-3-7(5-8)18-11-9(12)10(15)13-6-14-11/h2-6H,12H2,1H3,(H,13,14,15). The molecule has 2 aromatic rings. The highest BCUT2D eigenvalue weighted by Crippen LogP contribution is 2.24. The molecule has 0 saturated heterocycles. The van der Waals surface area contributed by atoms with E-state index in [9.17, 15) is 13.2 Å². The molecule has 0 aliphatic rings. The Balaban J connectivity index is 2.40. The lowest BCUT2D eigenvalue weighted by atomic mass is 10.3. The number of hydrogen-bond acceptors (Lipinski definition) is 6. The number of nitrogen functional groups attached to an aromatic ring is 1. The van der Waals surface area contributed by atoms with E-state index in [1.54, 1.807) is 0 Å². The SMILES string of the molecule is CS(=O)(=O)c1cccc(Oc2nc[nH]c(=O)c2N)c1. The van der Waals surface area contributed by atoms with Crippen LogP contribution in [0.1, 0.15) is 0 Å². The van der Waals surface area contributed by atoms with Gasteiger partial charge in [-0.25, -0.2) is 13.4 Å². The van der Waals surface area contributed by atoms with Gasteiger partial charge >= 0.3 is 0 Å². The first-order chi connectivity index (χ1) is 8.88. The molecule has 1 aromatic carbocycles. The lowest BCUT2D eigenvalue weighted by molar-refractivity contribution is 0.462. The van der Waals surface area contributed by atoms with Crippen molar-refractivity contribution in [1.82, 2.24) is 9.97 Å². The van der Waals surface area contributed by atoms with Crippen LogP contribution in [-0.4, -0.2) is 24.6 Å². The summed E-state index contributed by atoms with van der Waals surface area (Å²) in [6.45, 7) is 0. The second kappa shape index (κ2) is 4.73. The van der Waals surface area contributed by atoms with Crippen LogP contribution in [0.15, 0.2) is 40.3 Å². The van der Waals surface area contributed by atoms with Crippen LogP contribution in [0.4, 0.5) is 5.69 Å². The third-order valence-electron chi connectivity index (χ3n) is 2.30. The molecule has 0 atom stereocenters. The number of hydrogen-bond donors (Lipinski definition) is 2. The summed E-state index contributed by atoms with van der Waals surface area (Å²) in [4.78, 5) is 17.4. The second-order valence-corrected chi connectivity index (χ2v) is 5.82. The molecule has 8 heteroatoms. The van der Waals surface area contributed by atoms with Crippen LogP contribution in [0.3, 0.4) is 0 Å². The Hall–Kier alpha value is -2.35. The maximum atomic E-state index is 11.4. The monoisotopic (exact) mass is 281 g/mol. The third-order valence-corrected chi connectivity index (χ3v) is 3.41. The van der Waals surface area contributed by atoms with E-state index in [1.807, 2.05) is 0 Å². The number of aromatic nitrogens is 2. The summed E-state index contributed by atoms with van der Waals surface area (Å²) >= 11 is 0. The first kappa shape index (κ1) is 13.1. The van der Waals surface area contributed by atoms with Crippen molar-refractivity contribution in [2.45, 2.75) is 4.90 Å².